The first kappa shape index (κ1) is 21.9. The molecule has 0 radical (unpaired) electrons. The van der Waals surface area contributed by atoms with Crippen molar-refractivity contribution in [3.63, 3.8) is 0 Å². The van der Waals surface area contributed by atoms with E-state index in [0.717, 1.165) is 17.0 Å². The largest absolute Gasteiger partial charge is 0.389 e. The van der Waals surface area contributed by atoms with Crippen molar-refractivity contribution < 1.29 is 22.8 Å². The summed E-state index contributed by atoms with van der Waals surface area (Å²) >= 11 is 1.08. The van der Waals surface area contributed by atoms with Crippen LogP contribution in [0.1, 0.15) is 39.6 Å². The molecule has 12 heteroatoms. The molecule has 3 heterocycles. The second-order valence-corrected chi connectivity index (χ2v) is 7.86. The number of hydrogen-bond donors (Lipinski definition) is 1. The molecule has 0 spiro atoms. The van der Waals surface area contributed by atoms with Crippen molar-refractivity contribution in [2.24, 2.45) is 0 Å². The second kappa shape index (κ2) is 8.94. The van der Waals surface area contributed by atoms with Gasteiger partial charge in [0.1, 0.15) is 4.88 Å². The molecule has 162 valence electrons. The van der Waals surface area contributed by atoms with E-state index in [1.54, 1.807) is 26.2 Å². The molecule has 1 aliphatic heterocycles. The summed E-state index contributed by atoms with van der Waals surface area (Å²) in [6, 6.07) is -0.395. The van der Waals surface area contributed by atoms with Crippen LogP contribution in [0.15, 0.2) is 12.4 Å². The van der Waals surface area contributed by atoms with Crippen molar-refractivity contribution >= 4 is 28.4 Å². The zero-order valence-corrected chi connectivity index (χ0v) is 17.3. The molecule has 0 atom stereocenters. The molecular weight excluding hydrogens is 421 g/mol. The van der Waals surface area contributed by atoms with Gasteiger partial charge in [-0.15, -0.1) is 0 Å². The van der Waals surface area contributed by atoms with Crippen molar-refractivity contribution in [2.45, 2.75) is 39.4 Å². The molecule has 2 aromatic rings. The fraction of sp³-hybridized carbons (Fsp3) is 0.500. The van der Waals surface area contributed by atoms with Crippen LogP contribution in [0.25, 0.3) is 0 Å². The third-order valence-electron chi connectivity index (χ3n) is 4.44. The number of anilines is 1. The molecule has 0 aromatic carbocycles. The predicted molar refractivity (Wildman–Crippen MR) is 104 cm³/mol. The maximum Gasteiger partial charge on any atom is 0.389 e. The van der Waals surface area contributed by atoms with Gasteiger partial charge in [0.2, 0.25) is 0 Å². The zero-order valence-electron chi connectivity index (χ0n) is 16.5. The van der Waals surface area contributed by atoms with Gasteiger partial charge in [-0.3, -0.25) is 19.7 Å². The molecule has 1 fully saturated rings. The molecule has 0 aliphatic carbocycles. The second-order valence-electron chi connectivity index (χ2n) is 6.89. The van der Waals surface area contributed by atoms with Gasteiger partial charge >= 0.3 is 12.2 Å². The molecule has 8 nitrogen and oxygen atoms in total. The third-order valence-corrected chi connectivity index (χ3v) is 5.62. The maximum absolute atomic E-state index is 12.5. The standard InChI is InChI=1S/C18H21F3N6O2S/c1-11-8-22-9-13(24-11)10-23-15(28)14-12(2)25-16(30-14)27-7-6-26(17(27)29)5-3-4-18(19,20)21/h8-9H,3-7,10H2,1-2H3,(H,23,28). The molecule has 3 rings (SSSR count). The highest BCUT2D eigenvalue weighted by molar-refractivity contribution is 7.17. The van der Waals surface area contributed by atoms with Crippen LogP contribution >= 0.6 is 11.3 Å². The minimum absolute atomic E-state index is 0.0318. The van der Waals surface area contributed by atoms with Gasteiger partial charge in [-0.1, -0.05) is 11.3 Å². The lowest BCUT2D eigenvalue weighted by atomic mass is 10.3. The van der Waals surface area contributed by atoms with Gasteiger partial charge in [0.05, 0.1) is 29.8 Å². The van der Waals surface area contributed by atoms with Crippen molar-refractivity contribution in [3.05, 3.63) is 34.4 Å². The van der Waals surface area contributed by atoms with Crippen molar-refractivity contribution in [2.75, 3.05) is 24.5 Å². The first-order valence-corrected chi connectivity index (χ1v) is 10.1. The summed E-state index contributed by atoms with van der Waals surface area (Å²) in [5, 5.41) is 3.12. The van der Waals surface area contributed by atoms with E-state index in [1.165, 1.54) is 9.80 Å². The van der Waals surface area contributed by atoms with Crippen molar-refractivity contribution in [3.8, 4) is 0 Å². The number of aryl methyl sites for hydroxylation is 2. The molecular formula is C18H21F3N6O2S. The number of alkyl halides is 3. The first-order valence-electron chi connectivity index (χ1n) is 9.30. The van der Waals surface area contributed by atoms with E-state index in [2.05, 4.69) is 20.3 Å². The number of nitrogens with one attached hydrogen (secondary N) is 1. The number of carbonyl (C=O) groups is 2. The summed E-state index contributed by atoms with van der Waals surface area (Å²) in [7, 11) is 0. The molecule has 1 aliphatic rings. The Morgan fingerprint density at radius 2 is 2.00 bits per heavy atom. The van der Waals surface area contributed by atoms with E-state index < -0.39 is 18.6 Å². The summed E-state index contributed by atoms with van der Waals surface area (Å²) < 4.78 is 36.9. The fourth-order valence-electron chi connectivity index (χ4n) is 3.00. The minimum atomic E-state index is -4.23. The highest BCUT2D eigenvalue weighted by Gasteiger charge is 2.33. The van der Waals surface area contributed by atoms with E-state index in [9.17, 15) is 22.8 Å². The summed E-state index contributed by atoms with van der Waals surface area (Å²) in [5.41, 5.74) is 1.84. The molecule has 0 saturated carbocycles. The van der Waals surface area contributed by atoms with E-state index in [4.69, 9.17) is 0 Å². The van der Waals surface area contributed by atoms with E-state index in [-0.39, 0.29) is 25.4 Å². The Hall–Kier alpha value is -2.76. The molecule has 1 N–H and O–H groups in total. The lowest BCUT2D eigenvalue weighted by Crippen LogP contribution is -2.32. The summed E-state index contributed by atoms with van der Waals surface area (Å²) in [4.78, 5) is 40.8. The van der Waals surface area contributed by atoms with Crippen LogP contribution < -0.4 is 10.2 Å². The highest BCUT2D eigenvalue weighted by Crippen LogP contribution is 2.29. The smallest absolute Gasteiger partial charge is 0.346 e. The number of rotatable bonds is 7. The van der Waals surface area contributed by atoms with Crippen LogP contribution in [0, 0.1) is 13.8 Å². The Kier molecular flexibility index (Phi) is 6.54. The minimum Gasteiger partial charge on any atom is -0.346 e. The van der Waals surface area contributed by atoms with Gasteiger partial charge in [0.25, 0.3) is 5.91 Å². The number of urea groups is 1. The van der Waals surface area contributed by atoms with E-state index in [1.807, 2.05) is 0 Å². The van der Waals surface area contributed by atoms with Crippen LogP contribution in [0.5, 0.6) is 0 Å². The molecule has 30 heavy (non-hydrogen) atoms. The van der Waals surface area contributed by atoms with Crippen LogP contribution in [0.4, 0.5) is 23.1 Å². The summed E-state index contributed by atoms with van der Waals surface area (Å²) in [6.07, 6.45) is -2.13. The van der Waals surface area contributed by atoms with Gasteiger partial charge in [0.15, 0.2) is 5.13 Å². The average molecular weight is 442 g/mol. The van der Waals surface area contributed by atoms with Gasteiger partial charge in [-0.2, -0.15) is 13.2 Å². The van der Waals surface area contributed by atoms with Gasteiger partial charge < -0.3 is 10.2 Å². The number of aromatic nitrogens is 3. The number of halogens is 3. The fourth-order valence-corrected chi connectivity index (χ4v) is 4.00. The van der Waals surface area contributed by atoms with Crippen molar-refractivity contribution in [1.29, 1.82) is 0 Å². The van der Waals surface area contributed by atoms with E-state index >= 15 is 0 Å². The maximum atomic E-state index is 12.5. The summed E-state index contributed by atoms with van der Waals surface area (Å²) in [5.74, 6) is -0.340. The highest BCUT2D eigenvalue weighted by atomic mass is 32.1. The summed E-state index contributed by atoms with van der Waals surface area (Å²) in [6.45, 7) is 4.35. The first-order chi connectivity index (χ1) is 14.1. The molecule has 3 amide bonds. The Bertz CT molecular complexity index is 933. The number of carbonyl (C=O) groups excluding carboxylic acids is 2. The van der Waals surface area contributed by atoms with Crippen molar-refractivity contribution in [1.82, 2.24) is 25.2 Å². The zero-order chi connectivity index (χ0) is 21.9. The van der Waals surface area contributed by atoms with Gasteiger partial charge in [0, 0.05) is 32.3 Å². The monoisotopic (exact) mass is 442 g/mol. The predicted octanol–water partition coefficient (Wildman–Crippen LogP) is 3.06. The Morgan fingerprint density at radius 1 is 1.23 bits per heavy atom. The lowest BCUT2D eigenvalue weighted by Gasteiger charge is -2.17. The van der Waals surface area contributed by atoms with Crippen LogP contribution in [0.2, 0.25) is 0 Å². The molecule has 2 aromatic heterocycles. The molecule has 1 saturated heterocycles. The van der Waals surface area contributed by atoms with Crippen LogP contribution in [0.3, 0.4) is 0 Å². The Labute approximate surface area is 175 Å². The Balaban J connectivity index is 1.60. The Morgan fingerprint density at radius 3 is 2.70 bits per heavy atom. The molecule has 0 unspecified atom stereocenters. The average Bonchev–Trinajstić information content (AvgIpc) is 3.22. The number of hydrogen-bond acceptors (Lipinski definition) is 6. The SMILES string of the molecule is Cc1cncc(CNC(=O)c2sc(N3CCN(CCCC(F)(F)F)C3=O)nc2C)n1. The third kappa shape index (κ3) is 5.43. The number of thiazole rings is 1. The number of amides is 3. The lowest BCUT2D eigenvalue weighted by molar-refractivity contribution is -0.135. The van der Waals surface area contributed by atoms with Gasteiger partial charge in [-0.25, -0.2) is 9.78 Å². The van der Waals surface area contributed by atoms with Gasteiger partial charge in [-0.05, 0) is 20.3 Å². The van der Waals surface area contributed by atoms with E-state index in [0.29, 0.717) is 34.5 Å². The van der Waals surface area contributed by atoms with Crippen LogP contribution in [-0.4, -0.2) is 57.6 Å². The van der Waals surface area contributed by atoms with Crippen LogP contribution in [-0.2, 0) is 6.54 Å². The normalized spacial score (nSPS) is 14.5. The molecule has 0 bridgehead atoms. The number of nitrogens with zero attached hydrogens (tertiary/aromatic N) is 5. The topological polar surface area (TPSA) is 91.3 Å². The quantitative estimate of drug-likeness (QED) is 0.712.